The molecule has 0 aliphatic rings. The van der Waals surface area contributed by atoms with Crippen molar-refractivity contribution in [3.63, 3.8) is 0 Å². The molecule has 0 bridgehead atoms. The Labute approximate surface area is 194 Å². The van der Waals surface area contributed by atoms with Crippen LogP contribution in [-0.4, -0.2) is 23.8 Å². The van der Waals surface area contributed by atoms with E-state index in [9.17, 15) is 9.59 Å². The van der Waals surface area contributed by atoms with E-state index < -0.39 is 0 Å². The molecular formula is C23H17Br2N3O3. The molecule has 0 fully saturated rings. The lowest BCUT2D eigenvalue weighted by Crippen LogP contribution is -2.25. The van der Waals surface area contributed by atoms with Crippen LogP contribution in [0.2, 0.25) is 0 Å². The fraction of sp³-hybridized carbons (Fsp3) is 0.0870. The molecule has 0 saturated heterocycles. The summed E-state index contributed by atoms with van der Waals surface area (Å²) < 4.78 is 8.65. The van der Waals surface area contributed by atoms with Crippen molar-refractivity contribution in [2.24, 2.45) is 5.10 Å². The molecule has 0 saturated carbocycles. The first-order valence-electron chi connectivity index (χ1n) is 9.35. The fourth-order valence-electron chi connectivity index (χ4n) is 3.45. The molecule has 1 amide bonds. The summed E-state index contributed by atoms with van der Waals surface area (Å²) >= 11 is 6.88. The van der Waals surface area contributed by atoms with Crippen LogP contribution in [0.1, 0.15) is 5.56 Å². The fourth-order valence-corrected chi connectivity index (χ4v) is 5.00. The van der Waals surface area contributed by atoms with Crippen molar-refractivity contribution >= 4 is 65.8 Å². The third kappa shape index (κ3) is 4.26. The number of fused-ring (bicyclic) bond motifs is 2. The molecule has 1 aromatic heterocycles. The third-order valence-electron chi connectivity index (χ3n) is 4.81. The molecule has 1 N–H and O–H groups in total. The molecule has 0 unspecified atom stereocenters. The standard InChI is InChI=1S/C23H17Br2N3O3/c1-31-23-17(24)10-14(11-18(23)25)12-26-27-21(29)13-28-19-8-4-2-6-15(19)22(30)16-7-3-5-9-20(16)28/h2-12H,13H2,1H3,(H,27,29)/b26-12-. The Bertz CT molecular complexity index is 1310. The van der Waals surface area contributed by atoms with Gasteiger partial charge in [-0.15, -0.1) is 0 Å². The molecule has 8 heteroatoms. The average molecular weight is 543 g/mol. The number of ether oxygens (including phenoxy) is 1. The maximum absolute atomic E-state index is 12.8. The lowest BCUT2D eigenvalue weighted by atomic mass is 10.1. The molecule has 3 aromatic carbocycles. The monoisotopic (exact) mass is 541 g/mol. The lowest BCUT2D eigenvalue weighted by molar-refractivity contribution is -0.121. The number of hydrogen-bond acceptors (Lipinski definition) is 4. The quantitative estimate of drug-likeness (QED) is 0.223. The molecule has 156 valence electrons. The summed E-state index contributed by atoms with van der Waals surface area (Å²) in [5.41, 5.74) is 4.70. The smallest absolute Gasteiger partial charge is 0.260 e. The Balaban J connectivity index is 1.61. The van der Waals surface area contributed by atoms with Gasteiger partial charge in [-0.25, -0.2) is 5.43 Å². The van der Waals surface area contributed by atoms with Gasteiger partial charge in [0.2, 0.25) is 0 Å². The summed E-state index contributed by atoms with van der Waals surface area (Å²) in [5.74, 6) is 0.375. The predicted octanol–water partition coefficient (Wildman–Crippen LogP) is 4.84. The van der Waals surface area contributed by atoms with Gasteiger partial charge in [-0.3, -0.25) is 9.59 Å². The van der Waals surface area contributed by atoms with Gasteiger partial charge < -0.3 is 9.30 Å². The SMILES string of the molecule is COc1c(Br)cc(/C=N\NC(=O)Cn2c3ccccc3c(=O)c3ccccc32)cc1Br. The van der Waals surface area contributed by atoms with E-state index in [1.165, 1.54) is 0 Å². The van der Waals surface area contributed by atoms with E-state index in [-0.39, 0.29) is 17.9 Å². The number of para-hydroxylation sites is 2. The molecule has 0 aliphatic heterocycles. The van der Waals surface area contributed by atoms with Crippen molar-refractivity contribution < 1.29 is 9.53 Å². The van der Waals surface area contributed by atoms with Crippen LogP contribution in [0.25, 0.3) is 21.8 Å². The number of carbonyl (C=O) groups excluding carboxylic acids is 1. The summed E-state index contributed by atoms with van der Waals surface area (Å²) in [4.78, 5) is 25.4. The van der Waals surface area contributed by atoms with E-state index in [4.69, 9.17) is 4.74 Å². The van der Waals surface area contributed by atoms with Crippen molar-refractivity contribution in [2.45, 2.75) is 6.54 Å². The van der Waals surface area contributed by atoms with Crippen LogP contribution in [0.4, 0.5) is 0 Å². The van der Waals surface area contributed by atoms with Crippen LogP contribution >= 0.6 is 31.9 Å². The molecule has 6 nitrogen and oxygen atoms in total. The van der Waals surface area contributed by atoms with Crippen LogP contribution in [0.3, 0.4) is 0 Å². The Morgan fingerprint density at radius 1 is 1.03 bits per heavy atom. The third-order valence-corrected chi connectivity index (χ3v) is 5.99. The van der Waals surface area contributed by atoms with Crippen molar-refractivity contribution in [3.8, 4) is 5.75 Å². The number of amides is 1. The zero-order valence-electron chi connectivity index (χ0n) is 16.4. The normalized spacial score (nSPS) is 11.3. The van der Waals surface area contributed by atoms with Gasteiger partial charge in [0.05, 0.1) is 33.3 Å². The van der Waals surface area contributed by atoms with E-state index in [1.807, 2.05) is 53.1 Å². The maximum atomic E-state index is 12.8. The highest BCUT2D eigenvalue weighted by molar-refractivity contribution is 9.11. The summed E-state index contributed by atoms with van der Waals surface area (Å²) in [7, 11) is 1.59. The first kappa shape index (κ1) is 21.3. The average Bonchev–Trinajstić information content (AvgIpc) is 2.76. The molecule has 0 aliphatic carbocycles. The molecule has 0 spiro atoms. The molecule has 0 radical (unpaired) electrons. The van der Waals surface area contributed by atoms with Gasteiger partial charge in [0.15, 0.2) is 5.43 Å². The van der Waals surface area contributed by atoms with Crippen LogP contribution in [-0.2, 0) is 11.3 Å². The zero-order chi connectivity index (χ0) is 22.0. The Morgan fingerprint density at radius 3 is 2.13 bits per heavy atom. The topological polar surface area (TPSA) is 72.7 Å². The van der Waals surface area contributed by atoms with E-state index in [2.05, 4.69) is 42.4 Å². The Hall–Kier alpha value is -2.97. The van der Waals surface area contributed by atoms with Crippen molar-refractivity contribution in [1.29, 1.82) is 0 Å². The van der Waals surface area contributed by atoms with Gasteiger partial charge in [-0.1, -0.05) is 24.3 Å². The number of nitrogens with one attached hydrogen (secondary N) is 1. The second-order valence-electron chi connectivity index (χ2n) is 6.76. The van der Waals surface area contributed by atoms with Crippen molar-refractivity contribution in [1.82, 2.24) is 9.99 Å². The number of halogens is 2. The van der Waals surface area contributed by atoms with Crippen LogP contribution in [0.5, 0.6) is 5.75 Å². The van der Waals surface area contributed by atoms with E-state index in [1.54, 1.807) is 25.5 Å². The number of hydrazone groups is 1. The van der Waals surface area contributed by atoms with Gasteiger partial charge in [0.1, 0.15) is 12.3 Å². The Morgan fingerprint density at radius 2 is 1.58 bits per heavy atom. The highest BCUT2D eigenvalue weighted by Crippen LogP contribution is 2.33. The van der Waals surface area contributed by atoms with Gasteiger partial charge >= 0.3 is 0 Å². The van der Waals surface area contributed by atoms with Gasteiger partial charge in [-0.2, -0.15) is 5.10 Å². The minimum absolute atomic E-state index is 0.0225. The highest BCUT2D eigenvalue weighted by atomic mass is 79.9. The summed E-state index contributed by atoms with van der Waals surface area (Å²) in [6.07, 6.45) is 1.55. The summed E-state index contributed by atoms with van der Waals surface area (Å²) in [6.45, 7) is 0.0225. The van der Waals surface area contributed by atoms with E-state index >= 15 is 0 Å². The number of pyridine rings is 1. The number of benzene rings is 3. The lowest BCUT2D eigenvalue weighted by Gasteiger charge is -2.14. The molecule has 31 heavy (non-hydrogen) atoms. The molecule has 4 rings (SSSR count). The molecule has 0 atom stereocenters. The second-order valence-corrected chi connectivity index (χ2v) is 8.47. The number of hydrogen-bond donors (Lipinski definition) is 1. The first-order chi connectivity index (χ1) is 15.0. The van der Waals surface area contributed by atoms with Gasteiger partial charge in [0.25, 0.3) is 5.91 Å². The van der Waals surface area contributed by atoms with Crippen LogP contribution < -0.4 is 15.6 Å². The first-order valence-corrected chi connectivity index (χ1v) is 10.9. The Kier molecular flexibility index (Phi) is 6.20. The molecule has 1 heterocycles. The highest BCUT2D eigenvalue weighted by Gasteiger charge is 2.12. The number of methoxy groups -OCH3 is 1. The minimum Gasteiger partial charge on any atom is -0.494 e. The largest absolute Gasteiger partial charge is 0.494 e. The van der Waals surface area contributed by atoms with Gasteiger partial charge in [-0.05, 0) is 73.8 Å². The van der Waals surface area contributed by atoms with Crippen molar-refractivity contribution in [2.75, 3.05) is 7.11 Å². The number of carbonyl (C=O) groups is 1. The number of rotatable bonds is 5. The zero-order valence-corrected chi connectivity index (χ0v) is 19.6. The summed E-state index contributed by atoms with van der Waals surface area (Å²) in [6, 6.07) is 18.2. The summed E-state index contributed by atoms with van der Waals surface area (Å²) in [5, 5.41) is 5.22. The predicted molar refractivity (Wildman–Crippen MR) is 130 cm³/mol. The van der Waals surface area contributed by atoms with Gasteiger partial charge in [0, 0.05) is 10.8 Å². The van der Waals surface area contributed by atoms with Crippen molar-refractivity contribution in [3.05, 3.63) is 85.4 Å². The second kappa shape index (κ2) is 9.03. The number of aromatic nitrogens is 1. The van der Waals surface area contributed by atoms with E-state index in [0.29, 0.717) is 27.6 Å². The molecular weight excluding hydrogens is 526 g/mol. The van der Waals surface area contributed by atoms with E-state index in [0.717, 1.165) is 14.5 Å². The number of nitrogens with zero attached hydrogens (tertiary/aromatic N) is 2. The minimum atomic E-state index is -0.304. The molecule has 4 aromatic rings. The maximum Gasteiger partial charge on any atom is 0.260 e. The van der Waals surface area contributed by atoms with Crippen LogP contribution in [0, 0.1) is 0 Å². The van der Waals surface area contributed by atoms with Crippen LogP contribution in [0.15, 0.2) is 79.5 Å².